The normalized spacial score (nSPS) is 15.5. The van der Waals surface area contributed by atoms with Crippen molar-refractivity contribution in [1.82, 2.24) is 0 Å². The molecule has 6 aromatic rings. The fraction of sp³-hybridized carbons (Fsp3) is 0.163. The molecule has 0 fully saturated rings. The maximum Gasteiger partial charge on any atom is 0.0517 e. The molecule has 46 heavy (non-hydrogen) atoms. The fourth-order valence-electron chi connectivity index (χ4n) is 6.76. The van der Waals surface area contributed by atoms with E-state index in [1.807, 2.05) is 0 Å². The van der Waals surface area contributed by atoms with E-state index >= 15 is 0 Å². The van der Waals surface area contributed by atoms with E-state index in [0.717, 1.165) is 25.4 Å². The van der Waals surface area contributed by atoms with Crippen LogP contribution in [0.3, 0.4) is 0 Å². The molecular formula is C43H41N2P. The molecule has 0 radical (unpaired) electrons. The lowest BCUT2D eigenvalue weighted by Gasteiger charge is -2.27. The zero-order valence-corrected chi connectivity index (χ0v) is 27.3. The Bertz CT molecular complexity index is 1850. The highest BCUT2D eigenvalue weighted by Gasteiger charge is 2.21. The van der Waals surface area contributed by atoms with Crippen molar-refractivity contribution < 1.29 is 0 Å². The summed E-state index contributed by atoms with van der Waals surface area (Å²) in [6.07, 6.45) is 4.25. The van der Waals surface area contributed by atoms with Crippen LogP contribution >= 0.6 is 7.92 Å². The number of hydrogen-bond donors (Lipinski definition) is 2. The number of nitrogens with one attached hydrogen (secondary N) is 2. The summed E-state index contributed by atoms with van der Waals surface area (Å²) in [5, 5.41) is 10.9. The summed E-state index contributed by atoms with van der Waals surface area (Å²) in [7, 11) is -0.511. The molecule has 4 bridgehead atoms. The first-order valence-electron chi connectivity index (χ1n) is 16.6. The first-order valence-corrected chi connectivity index (χ1v) is 18.1. The zero-order valence-electron chi connectivity index (χ0n) is 26.4. The van der Waals surface area contributed by atoms with Crippen LogP contribution in [0.2, 0.25) is 0 Å². The van der Waals surface area contributed by atoms with Crippen LogP contribution in [0.15, 0.2) is 158 Å². The van der Waals surface area contributed by atoms with E-state index in [4.69, 9.17) is 0 Å². The van der Waals surface area contributed by atoms with Gasteiger partial charge in [0.25, 0.3) is 0 Å². The summed E-state index contributed by atoms with van der Waals surface area (Å²) in [5.74, 6) is 0. The quantitative estimate of drug-likeness (QED) is 0.174. The van der Waals surface area contributed by atoms with Gasteiger partial charge in [0.2, 0.25) is 0 Å². The van der Waals surface area contributed by atoms with Gasteiger partial charge in [-0.2, -0.15) is 0 Å². The molecule has 1 aliphatic heterocycles. The van der Waals surface area contributed by atoms with Gasteiger partial charge >= 0.3 is 0 Å². The van der Waals surface area contributed by atoms with Crippen molar-refractivity contribution >= 4 is 29.9 Å². The minimum absolute atomic E-state index is 0.137. The van der Waals surface area contributed by atoms with Crippen LogP contribution < -0.4 is 21.2 Å². The third kappa shape index (κ3) is 6.64. The molecule has 0 saturated heterocycles. The minimum Gasteiger partial charge on any atom is -0.378 e. The highest BCUT2D eigenvalue weighted by molar-refractivity contribution is 7.73. The average Bonchev–Trinajstić information content (AvgIpc) is 3.12. The summed E-state index contributed by atoms with van der Waals surface area (Å²) in [6.45, 7) is 2.27. The molecule has 0 spiro atoms. The highest BCUT2D eigenvalue weighted by Crippen LogP contribution is 2.41. The Morgan fingerprint density at radius 2 is 0.935 bits per heavy atom. The Hall–Kier alpha value is -4.65. The number of benzene rings is 6. The van der Waals surface area contributed by atoms with Crippen LogP contribution in [-0.4, -0.2) is 6.16 Å². The van der Waals surface area contributed by atoms with Crippen molar-refractivity contribution in [3.63, 3.8) is 0 Å². The third-order valence-electron chi connectivity index (χ3n) is 9.07. The van der Waals surface area contributed by atoms with Gasteiger partial charge in [-0.1, -0.05) is 147 Å². The van der Waals surface area contributed by atoms with Gasteiger partial charge in [-0.25, -0.2) is 0 Å². The topological polar surface area (TPSA) is 24.1 Å². The van der Waals surface area contributed by atoms with E-state index in [1.165, 1.54) is 55.4 Å². The second-order valence-electron chi connectivity index (χ2n) is 12.1. The number of rotatable bonds is 7. The summed E-state index contributed by atoms with van der Waals surface area (Å²) >= 11 is 0. The van der Waals surface area contributed by atoms with Crippen molar-refractivity contribution in [1.29, 1.82) is 0 Å². The summed E-state index contributed by atoms with van der Waals surface area (Å²) < 4.78 is 0. The first-order chi connectivity index (χ1) is 22.8. The number of fused-ring (bicyclic) bond motifs is 8. The van der Waals surface area contributed by atoms with Crippen LogP contribution in [0.1, 0.15) is 49.4 Å². The lowest BCUT2D eigenvalue weighted by atomic mass is 9.93. The van der Waals surface area contributed by atoms with Gasteiger partial charge in [-0.05, 0) is 84.1 Å². The maximum absolute atomic E-state index is 4.08. The molecule has 2 unspecified atom stereocenters. The number of hydrogen-bond acceptors (Lipinski definition) is 2. The van der Waals surface area contributed by atoms with Crippen LogP contribution in [0.25, 0.3) is 22.3 Å². The molecular weight excluding hydrogens is 575 g/mol. The molecule has 2 atom stereocenters. The Morgan fingerprint density at radius 1 is 0.478 bits per heavy atom. The molecule has 7 rings (SSSR count). The highest BCUT2D eigenvalue weighted by atomic mass is 31.1. The summed E-state index contributed by atoms with van der Waals surface area (Å²) in [6, 6.07) is 58.5. The van der Waals surface area contributed by atoms with Gasteiger partial charge in [-0.3, -0.25) is 0 Å². The average molecular weight is 617 g/mol. The van der Waals surface area contributed by atoms with E-state index < -0.39 is 7.92 Å². The Labute approximate surface area is 275 Å². The van der Waals surface area contributed by atoms with Gasteiger partial charge < -0.3 is 10.6 Å². The number of anilines is 2. The van der Waals surface area contributed by atoms with E-state index in [0.29, 0.717) is 0 Å². The smallest absolute Gasteiger partial charge is 0.0517 e. The van der Waals surface area contributed by atoms with Crippen molar-refractivity contribution in [2.24, 2.45) is 0 Å². The molecule has 1 heterocycles. The Morgan fingerprint density at radius 3 is 1.43 bits per heavy atom. The largest absolute Gasteiger partial charge is 0.378 e. The molecule has 0 aromatic heterocycles. The molecule has 0 saturated carbocycles. The Balaban J connectivity index is 1.34. The van der Waals surface area contributed by atoms with Gasteiger partial charge in [0.05, 0.1) is 12.1 Å². The van der Waals surface area contributed by atoms with E-state index in [-0.39, 0.29) is 12.1 Å². The minimum atomic E-state index is -0.511. The summed E-state index contributed by atoms with van der Waals surface area (Å²) in [5.41, 5.74) is 9.97. The lowest BCUT2D eigenvalue weighted by molar-refractivity contribution is 0.678. The van der Waals surface area contributed by atoms with E-state index in [2.05, 4.69) is 175 Å². The van der Waals surface area contributed by atoms with E-state index in [1.54, 1.807) is 0 Å². The second kappa shape index (κ2) is 14.2. The monoisotopic (exact) mass is 616 g/mol. The molecule has 1 aliphatic rings. The predicted octanol–water partition coefficient (Wildman–Crippen LogP) is 11.0. The molecule has 0 amide bonds. The lowest BCUT2D eigenvalue weighted by Crippen LogP contribution is -2.18. The van der Waals surface area contributed by atoms with Gasteiger partial charge in [0.1, 0.15) is 0 Å². The predicted molar refractivity (Wildman–Crippen MR) is 200 cm³/mol. The van der Waals surface area contributed by atoms with Crippen molar-refractivity contribution in [3.05, 3.63) is 169 Å². The molecule has 228 valence electrons. The van der Waals surface area contributed by atoms with Crippen LogP contribution in [0, 0.1) is 0 Å². The maximum atomic E-state index is 4.08. The molecule has 3 heteroatoms. The molecule has 0 aliphatic carbocycles. The van der Waals surface area contributed by atoms with Crippen molar-refractivity contribution in [2.45, 2.75) is 38.3 Å². The third-order valence-corrected chi connectivity index (χ3v) is 11.6. The molecule has 6 aromatic carbocycles. The van der Waals surface area contributed by atoms with E-state index in [9.17, 15) is 0 Å². The van der Waals surface area contributed by atoms with Crippen molar-refractivity contribution in [3.8, 4) is 22.3 Å². The molecule has 2 nitrogen and oxygen atoms in total. The number of para-hydroxylation sites is 2. The van der Waals surface area contributed by atoms with Gasteiger partial charge in [0.15, 0.2) is 0 Å². The van der Waals surface area contributed by atoms with Crippen LogP contribution in [0.5, 0.6) is 0 Å². The van der Waals surface area contributed by atoms with Crippen LogP contribution in [0.4, 0.5) is 11.4 Å². The second-order valence-corrected chi connectivity index (χ2v) is 14.5. The fourth-order valence-corrected chi connectivity index (χ4v) is 9.15. The standard InChI is InChI=1S/C43H41N2P/c1-2-15-40-34-18-13-16-32(30-34)39-25-10-12-27-43(39)45-41(35-19-14-17-33(31-35)38-24-9-11-26-42(38)44-40)28-29-46(36-20-5-3-6-21-36)37-22-7-4-8-23-37/h3-14,16-27,30-31,40-41,44-45H,2,15,28-29H2,1H3. The first kappa shape index (κ1) is 30.0. The van der Waals surface area contributed by atoms with Gasteiger partial charge in [-0.15, -0.1) is 0 Å². The molecule has 2 N–H and O–H groups in total. The Kier molecular flexibility index (Phi) is 9.26. The SMILES string of the molecule is CCCC1Nc2ccccc2-c2cccc(c2)C(CCP(c2ccccc2)c2ccccc2)Nc2ccccc2-c2cccc1c2. The van der Waals surface area contributed by atoms with Crippen LogP contribution in [-0.2, 0) is 0 Å². The summed E-state index contributed by atoms with van der Waals surface area (Å²) in [4.78, 5) is 0. The van der Waals surface area contributed by atoms with Crippen molar-refractivity contribution in [2.75, 3.05) is 16.8 Å². The van der Waals surface area contributed by atoms with Gasteiger partial charge in [0, 0.05) is 22.5 Å². The zero-order chi connectivity index (χ0) is 31.1.